The maximum atomic E-state index is 12.2. The van der Waals surface area contributed by atoms with Gasteiger partial charge in [0.15, 0.2) is 0 Å². The van der Waals surface area contributed by atoms with Crippen molar-refractivity contribution in [3.63, 3.8) is 0 Å². The first-order chi connectivity index (χ1) is 10.2. The maximum absolute atomic E-state index is 12.2. The van der Waals surface area contributed by atoms with Gasteiger partial charge in [0.05, 0.1) is 6.61 Å². The van der Waals surface area contributed by atoms with E-state index in [1.54, 1.807) is 0 Å². The van der Waals surface area contributed by atoms with Crippen molar-refractivity contribution in [1.29, 1.82) is 0 Å². The average molecular weight is 289 g/mol. The highest BCUT2D eigenvalue weighted by atomic mass is 16.3. The monoisotopic (exact) mass is 289 g/mol. The molecule has 0 aliphatic heterocycles. The van der Waals surface area contributed by atoms with E-state index in [0.29, 0.717) is 6.54 Å². The van der Waals surface area contributed by atoms with Gasteiger partial charge < -0.3 is 10.4 Å². The number of carbonyl (C=O) groups excluding carboxylic acids is 1. The molecule has 1 aromatic rings. The molecule has 1 aromatic carbocycles. The minimum absolute atomic E-state index is 0.0175. The molecule has 21 heavy (non-hydrogen) atoms. The van der Waals surface area contributed by atoms with E-state index in [1.165, 1.54) is 32.1 Å². The third kappa shape index (κ3) is 4.85. The van der Waals surface area contributed by atoms with Crippen LogP contribution >= 0.6 is 0 Å². The van der Waals surface area contributed by atoms with Crippen LogP contribution in [-0.4, -0.2) is 11.0 Å². The van der Waals surface area contributed by atoms with Crippen molar-refractivity contribution >= 4 is 5.91 Å². The second-order valence-corrected chi connectivity index (χ2v) is 6.29. The highest BCUT2D eigenvalue weighted by Crippen LogP contribution is 2.29. The second kappa shape index (κ2) is 8.18. The molecule has 0 heterocycles. The molecule has 0 aromatic heterocycles. The molecule has 1 saturated carbocycles. The Morgan fingerprint density at radius 1 is 1.24 bits per heavy atom. The van der Waals surface area contributed by atoms with Crippen LogP contribution in [-0.2, 0) is 17.9 Å². The van der Waals surface area contributed by atoms with Crippen LogP contribution in [0.15, 0.2) is 24.3 Å². The first-order valence-electron chi connectivity index (χ1n) is 8.16. The van der Waals surface area contributed by atoms with Gasteiger partial charge in [-0.2, -0.15) is 0 Å². The van der Waals surface area contributed by atoms with E-state index in [9.17, 15) is 9.90 Å². The fourth-order valence-corrected chi connectivity index (χ4v) is 3.27. The standard InChI is InChI=1S/C18H27NO2/c1-14(11-15-7-3-2-4-8-15)18(21)19-12-16-9-5-6-10-17(16)13-20/h5-6,9-10,14-15,20H,2-4,7-8,11-13H2,1H3,(H,19,21). The lowest BCUT2D eigenvalue weighted by atomic mass is 9.83. The molecule has 116 valence electrons. The van der Waals surface area contributed by atoms with E-state index in [2.05, 4.69) is 5.32 Å². The average Bonchev–Trinajstić information content (AvgIpc) is 2.53. The van der Waals surface area contributed by atoms with Crippen molar-refractivity contribution in [1.82, 2.24) is 5.32 Å². The van der Waals surface area contributed by atoms with Crippen LogP contribution < -0.4 is 5.32 Å². The minimum atomic E-state index is 0.0175. The number of hydrogen-bond donors (Lipinski definition) is 2. The van der Waals surface area contributed by atoms with E-state index in [4.69, 9.17) is 0 Å². The number of hydrogen-bond acceptors (Lipinski definition) is 2. The smallest absolute Gasteiger partial charge is 0.223 e. The lowest BCUT2D eigenvalue weighted by Crippen LogP contribution is -2.30. The quantitative estimate of drug-likeness (QED) is 0.843. The summed E-state index contributed by atoms with van der Waals surface area (Å²) in [6.45, 7) is 2.55. The zero-order valence-corrected chi connectivity index (χ0v) is 13.0. The van der Waals surface area contributed by atoms with E-state index < -0.39 is 0 Å². The molecular weight excluding hydrogens is 262 g/mol. The minimum Gasteiger partial charge on any atom is -0.392 e. The predicted molar refractivity (Wildman–Crippen MR) is 84.6 cm³/mol. The van der Waals surface area contributed by atoms with Crippen LogP contribution in [0.1, 0.15) is 56.6 Å². The lowest BCUT2D eigenvalue weighted by molar-refractivity contribution is -0.125. The van der Waals surface area contributed by atoms with E-state index in [0.717, 1.165) is 23.5 Å². The van der Waals surface area contributed by atoms with Crippen LogP contribution in [0, 0.1) is 11.8 Å². The van der Waals surface area contributed by atoms with Gasteiger partial charge in [-0.15, -0.1) is 0 Å². The molecule has 2 rings (SSSR count). The topological polar surface area (TPSA) is 49.3 Å². The van der Waals surface area contributed by atoms with E-state index in [-0.39, 0.29) is 18.4 Å². The molecule has 0 spiro atoms. The zero-order valence-electron chi connectivity index (χ0n) is 13.0. The maximum Gasteiger partial charge on any atom is 0.223 e. The van der Waals surface area contributed by atoms with Gasteiger partial charge in [0.1, 0.15) is 0 Å². The van der Waals surface area contributed by atoms with Crippen molar-refractivity contribution < 1.29 is 9.90 Å². The second-order valence-electron chi connectivity index (χ2n) is 6.29. The fraction of sp³-hybridized carbons (Fsp3) is 0.611. The van der Waals surface area contributed by atoms with Crippen molar-refractivity contribution in [2.24, 2.45) is 11.8 Å². The lowest BCUT2D eigenvalue weighted by Gasteiger charge is -2.24. The van der Waals surface area contributed by atoms with Gasteiger partial charge in [-0.25, -0.2) is 0 Å². The van der Waals surface area contributed by atoms with Gasteiger partial charge in [0.25, 0.3) is 0 Å². The molecule has 1 atom stereocenters. The number of benzene rings is 1. The summed E-state index contributed by atoms with van der Waals surface area (Å²) in [7, 11) is 0. The van der Waals surface area contributed by atoms with Gasteiger partial charge in [-0.1, -0.05) is 63.3 Å². The molecule has 0 radical (unpaired) electrons. The summed E-state index contributed by atoms with van der Waals surface area (Å²) in [5.74, 6) is 0.937. The Hall–Kier alpha value is -1.35. The van der Waals surface area contributed by atoms with Crippen molar-refractivity contribution in [2.75, 3.05) is 0 Å². The van der Waals surface area contributed by atoms with Gasteiger partial charge in [0.2, 0.25) is 5.91 Å². The number of aliphatic hydroxyl groups excluding tert-OH is 1. The third-order valence-corrected chi connectivity index (χ3v) is 4.60. The Morgan fingerprint density at radius 3 is 2.57 bits per heavy atom. The highest BCUT2D eigenvalue weighted by molar-refractivity contribution is 5.78. The first-order valence-corrected chi connectivity index (χ1v) is 8.16. The Kier molecular flexibility index (Phi) is 6.24. The number of carbonyl (C=O) groups is 1. The SMILES string of the molecule is CC(CC1CCCCC1)C(=O)NCc1ccccc1CO. The number of nitrogens with one attached hydrogen (secondary N) is 1. The van der Waals surface area contributed by atoms with Crippen LogP contribution in [0.25, 0.3) is 0 Å². The van der Waals surface area contributed by atoms with Crippen LogP contribution in [0.4, 0.5) is 0 Å². The largest absolute Gasteiger partial charge is 0.392 e. The van der Waals surface area contributed by atoms with Crippen molar-refractivity contribution in [2.45, 2.75) is 58.6 Å². The number of amides is 1. The van der Waals surface area contributed by atoms with Gasteiger partial charge in [0, 0.05) is 12.5 Å². The molecule has 2 N–H and O–H groups in total. The number of rotatable bonds is 6. The molecule has 3 nitrogen and oxygen atoms in total. The van der Waals surface area contributed by atoms with Crippen molar-refractivity contribution in [3.05, 3.63) is 35.4 Å². The summed E-state index contributed by atoms with van der Waals surface area (Å²) in [5, 5.41) is 12.3. The third-order valence-electron chi connectivity index (χ3n) is 4.60. The summed E-state index contributed by atoms with van der Waals surface area (Å²) in [5.41, 5.74) is 1.89. The summed E-state index contributed by atoms with van der Waals surface area (Å²) in [6.07, 6.45) is 7.57. The fourth-order valence-electron chi connectivity index (χ4n) is 3.27. The zero-order chi connectivity index (χ0) is 15.1. The molecular formula is C18H27NO2. The first kappa shape index (κ1) is 16.0. The highest BCUT2D eigenvalue weighted by Gasteiger charge is 2.20. The normalized spacial score (nSPS) is 17.4. The molecule has 1 unspecified atom stereocenters. The summed E-state index contributed by atoms with van der Waals surface area (Å²) in [6, 6.07) is 7.69. The van der Waals surface area contributed by atoms with Crippen LogP contribution in [0.5, 0.6) is 0 Å². The number of aliphatic hydroxyl groups is 1. The molecule has 1 aliphatic rings. The summed E-state index contributed by atoms with van der Waals surface area (Å²) < 4.78 is 0. The molecule has 1 fully saturated rings. The Morgan fingerprint density at radius 2 is 1.90 bits per heavy atom. The molecule has 0 bridgehead atoms. The van der Waals surface area contributed by atoms with Crippen LogP contribution in [0.2, 0.25) is 0 Å². The Bertz CT molecular complexity index is 452. The van der Waals surface area contributed by atoms with Crippen molar-refractivity contribution in [3.8, 4) is 0 Å². The summed E-state index contributed by atoms with van der Waals surface area (Å²) in [4.78, 5) is 12.2. The Labute approximate surface area is 127 Å². The Balaban J connectivity index is 1.80. The molecule has 1 aliphatic carbocycles. The molecule has 0 saturated heterocycles. The predicted octanol–water partition coefficient (Wildman–Crippen LogP) is 3.40. The van der Waals surface area contributed by atoms with Crippen LogP contribution in [0.3, 0.4) is 0 Å². The summed E-state index contributed by atoms with van der Waals surface area (Å²) >= 11 is 0. The van der Waals surface area contributed by atoms with Gasteiger partial charge >= 0.3 is 0 Å². The molecule has 1 amide bonds. The van der Waals surface area contributed by atoms with E-state index >= 15 is 0 Å². The molecule has 3 heteroatoms. The van der Waals surface area contributed by atoms with Gasteiger partial charge in [-0.05, 0) is 23.5 Å². The van der Waals surface area contributed by atoms with Gasteiger partial charge in [-0.3, -0.25) is 4.79 Å². The van der Waals surface area contributed by atoms with E-state index in [1.807, 2.05) is 31.2 Å².